The Hall–Kier alpha value is -2.35. The molecular weight excluding hydrogens is 445 g/mol. The van der Waals surface area contributed by atoms with E-state index in [0.29, 0.717) is 17.4 Å². The molecule has 0 N–H and O–H groups in total. The van der Waals surface area contributed by atoms with Crippen molar-refractivity contribution in [3.8, 4) is 11.5 Å². The Morgan fingerprint density at radius 3 is 2.50 bits per heavy atom. The summed E-state index contributed by atoms with van der Waals surface area (Å²) in [5.41, 5.74) is 1.79. The van der Waals surface area contributed by atoms with Crippen molar-refractivity contribution in [1.82, 2.24) is 0 Å². The van der Waals surface area contributed by atoms with E-state index in [1.165, 1.54) is 0 Å². The minimum Gasteiger partial charge on any atom is -0.493 e. The average molecular weight is 463 g/mol. The highest BCUT2D eigenvalue weighted by Crippen LogP contribution is 2.30. The largest absolute Gasteiger partial charge is 0.493 e. The predicted molar refractivity (Wildman–Crippen MR) is 109 cm³/mol. The van der Waals surface area contributed by atoms with Crippen molar-refractivity contribution >= 4 is 40.5 Å². The molecule has 134 valence electrons. The predicted octanol–water partition coefficient (Wildman–Crippen LogP) is 4.43. The molecule has 0 unspecified atom stereocenters. The number of cyclic esters (lactones) is 1. The Bertz CT molecular complexity index is 885. The molecule has 0 atom stereocenters. The Labute approximate surface area is 165 Å². The summed E-state index contributed by atoms with van der Waals surface area (Å²) in [4.78, 5) is 16.5. The third kappa shape index (κ3) is 4.24. The number of benzene rings is 2. The van der Waals surface area contributed by atoms with Crippen LogP contribution in [0.25, 0.3) is 6.08 Å². The van der Waals surface area contributed by atoms with Crippen LogP contribution in [-0.4, -0.2) is 25.1 Å². The van der Waals surface area contributed by atoms with E-state index in [1.807, 2.05) is 50.2 Å². The smallest absolute Gasteiger partial charge is 0.363 e. The van der Waals surface area contributed by atoms with Gasteiger partial charge >= 0.3 is 5.97 Å². The van der Waals surface area contributed by atoms with E-state index in [0.717, 1.165) is 14.7 Å². The molecule has 0 aromatic heterocycles. The van der Waals surface area contributed by atoms with Crippen molar-refractivity contribution in [2.45, 2.75) is 20.0 Å². The first kappa shape index (κ1) is 18.4. The molecule has 0 amide bonds. The first-order valence-electron chi connectivity index (χ1n) is 8.09. The van der Waals surface area contributed by atoms with Crippen LogP contribution in [0.1, 0.15) is 25.0 Å². The minimum absolute atomic E-state index is 0.0407. The second kappa shape index (κ2) is 7.90. The maximum Gasteiger partial charge on any atom is 0.363 e. The van der Waals surface area contributed by atoms with Gasteiger partial charge in [0.05, 0.1) is 13.2 Å². The highest BCUT2D eigenvalue weighted by atomic mass is 127. The van der Waals surface area contributed by atoms with Crippen molar-refractivity contribution in [2.24, 2.45) is 4.99 Å². The molecule has 0 radical (unpaired) electrons. The number of esters is 1. The summed E-state index contributed by atoms with van der Waals surface area (Å²) in [6, 6.07) is 13.1. The first-order valence-corrected chi connectivity index (χ1v) is 9.17. The molecule has 0 aliphatic carbocycles. The van der Waals surface area contributed by atoms with Crippen LogP contribution in [-0.2, 0) is 9.53 Å². The van der Waals surface area contributed by atoms with Crippen molar-refractivity contribution in [2.75, 3.05) is 7.11 Å². The molecule has 3 rings (SSSR count). The summed E-state index contributed by atoms with van der Waals surface area (Å²) in [7, 11) is 1.58. The van der Waals surface area contributed by atoms with Gasteiger partial charge < -0.3 is 14.2 Å². The van der Waals surface area contributed by atoms with Crippen LogP contribution in [0.5, 0.6) is 11.5 Å². The molecule has 6 heteroatoms. The van der Waals surface area contributed by atoms with Gasteiger partial charge in [-0.1, -0.05) is 6.07 Å². The van der Waals surface area contributed by atoms with E-state index < -0.39 is 5.97 Å². The number of carbonyl (C=O) groups is 1. The number of hydrogen-bond donors (Lipinski definition) is 0. The van der Waals surface area contributed by atoms with Gasteiger partial charge in [0.2, 0.25) is 5.90 Å². The number of nitrogens with zero attached hydrogens (tertiary/aromatic N) is 1. The molecule has 0 saturated heterocycles. The Balaban J connectivity index is 1.89. The third-order valence-corrected chi connectivity index (χ3v) is 4.28. The van der Waals surface area contributed by atoms with Crippen LogP contribution in [0.15, 0.2) is 53.2 Å². The lowest BCUT2D eigenvalue weighted by molar-refractivity contribution is -0.129. The number of ether oxygens (including phenoxy) is 3. The van der Waals surface area contributed by atoms with Gasteiger partial charge in [-0.25, -0.2) is 9.79 Å². The quantitative estimate of drug-likeness (QED) is 0.374. The van der Waals surface area contributed by atoms with Gasteiger partial charge in [0, 0.05) is 9.13 Å². The Morgan fingerprint density at radius 1 is 1.12 bits per heavy atom. The summed E-state index contributed by atoms with van der Waals surface area (Å²) in [6.45, 7) is 3.90. The second-order valence-corrected chi connectivity index (χ2v) is 7.17. The maximum atomic E-state index is 12.1. The molecule has 0 fully saturated rings. The minimum atomic E-state index is -0.472. The van der Waals surface area contributed by atoms with E-state index in [9.17, 15) is 4.79 Å². The summed E-state index contributed by atoms with van der Waals surface area (Å²) in [5, 5.41) is 0. The fraction of sp³-hybridized carbons (Fsp3) is 0.200. The first-order chi connectivity index (χ1) is 12.5. The van der Waals surface area contributed by atoms with Gasteiger partial charge in [0.1, 0.15) is 0 Å². The molecule has 0 saturated carbocycles. The monoisotopic (exact) mass is 463 g/mol. The van der Waals surface area contributed by atoms with E-state index in [1.54, 1.807) is 19.3 Å². The summed E-state index contributed by atoms with van der Waals surface area (Å²) < 4.78 is 17.5. The van der Waals surface area contributed by atoms with Crippen LogP contribution in [0.2, 0.25) is 0 Å². The molecule has 26 heavy (non-hydrogen) atoms. The molecule has 5 nitrogen and oxygen atoms in total. The van der Waals surface area contributed by atoms with Gasteiger partial charge in [0.25, 0.3) is 0 Å². The van der Waals surface area contributed by atoms with Crippen molar-refractivity contribution in [3.05, 3.63) is 62.9 Å². The number of hydrogen-bond acceptors (Lipinski definition) is 5. The lowest BCUT2D eigenvalue weighted by Crippen LogP contribution is -2.06. The highest BCUT2D eigenvalue weighted by molar-refractivity contribution is 14.1. The topological polar surface area (TPSA) is 57.1 Å². The van der Waals surface area contributed by atoms with Crippen molar-refractivity contribution in [1.29, 1.82) is 0 Å². The zero-order valence-electron chi connectivity index (χ0n) is 14.7. The molecule has 0 bridgehead atoms. The summed E-state index contributed by atoms with van der Waals surface area (Å²) in [6.07, 6.45) is 1.71. The van der Waals surface area contributed by atoms with Crippen LogP contribution >= 0.6 is 22.6 Å². The molecule has 0 spiro atoms. The zero-order valence-corrected chi connectivity index (χ0v) is 16.8. The molecule has 1 aliphatic heterocycles. The number of aliphatic imine (C=N–C) groups is 1. The lowest BCUT2D eigenvalue weighted by Gasteiger charge is -2.13. The van der Waals surface area contributed by atoms with Gasteiger partial charge in [-0.15, -0.1) is 0 Å². The van der Waals surface area contributed by atoms with Gasteiger partial charge in [0.15, 0.2) is 17.2 Å². The molecular formula is C20H18INO4. The standard InChI is InChI=1S/C20H18INO4/c1-12(2)25-17-9-4-13(11-18(17)24-3)10-16-20(23)26-19(22-16)14-5-7-15(21)8-6-14/h4-12H,1-3H3. The number of rotatable bonds is 5. The zero-order chi connectivity index (χ0) is 18.7. The van der Waals surface area contributed by atoms with Crippen molar-refractivity contribution < 1.29 is 19.0 Å². The lowest BCUT2D eigenvalue weighted by atomic mass is 10.1. The SMILES string of the molecule is COc1cc(C=C2N=C(c3ccc(I)cc3)OC2=O)ccc1OC(C)C. The van der Waals surface area contributed by atoms with Gasteiger partial charge in [-0.2, -0.15) is 0 Å². The van der Waals surface area contributed by atoms with Crippen LogP contribution in [0.4, 0.5) is 0 Å². The van der Waals surface area contributed by atoms with Crippen molar-refractivity contribution in [3.63, 3.8) is 0 Å². The molecule has 1 aliphatic rings. The average Bonchev–Trinajstić information content (AvgIpc) is 2.97. The van der Waals surface area contributed by atoms with Crippen LogP contribution in [0, 0.1) is 3.57 Å². The number of carbonyl (C=O) groups excluding carboxylic acids is 1. The summed E-state index contributed by atoms with van der Waals surface area (Å²) in [5.74, 6) is 1.09. The molecule has 2 aromatic carbocycles. The second-order valence-electron chi connectivity index (χ2n) is 5.92. The summed E-state index contributed by atoms with van der Waals surface area (Å²) >= 11 is 2.22. The van der Waals surface area contributed by atoms with Crippen LogP contribution in [0.3, 0.4) is 0 Å². The van der Waals surface area contributed by atoms with E-state index in [-0.39, 0.29) is 11.8 Å². The fourth-order valence-electron chi connectivity index (χ4n) is 2.41. The van der Waals surface area contributed by atoms with E-state index in [4.69, 9.17) is 14.2 Å². The molecule has 2 aromatic rings. The number of methoxy groups -OCH3 is 1. The Morgan fingerprint density at radius 2 is 1.85 bits per heavy atom. The highest BCUT2D eigenvalue weighted by Gasteiger charge is 2.24. The normalized spacial score (nSPS) is 15.2. The fourth-order valence-corrected chi connectivity index (χ4v) is 2.77. The maximum absolute atomic E-state index is 12.1. The Kier molecular flexibility index (Phi) is 5.61. The van der Waals surface area contributed by atoms with E-state index in [2.05, 4.69) is 27.6 Å². The molecule has 1 heterocycles. The van der Waals surface area contributed by atoms with E-state index >= 15 is 0 Å². The van der Waals surface area contributed by atoms with Gasteiger partial charge in [-0.3, -0.25) is 0 Å². The van der Waals surface area contributed by atoms with Crippen LogP contribution < -0.4 is 9.47 Å². The third-order valence-electron chi connectivity index (χ3n) is 3.57. The van der Waals surface area contributed by atoms with Gasteiger partial charge in [-0.05, 0) is 84.5 Å². The number of halogens is 1.